The average molecular weight is 579 g/mol. The number of hydrogen-bond acceptors (Lipinski definition) is 6. The minimum Gasteiger partial charge on any atom is -0.378 e. The summed E-state index contributed by atoms with van der Waals surface area (Å²) in [6.45, 7) is 9.34. The first-order valence-corrected chi connectivity index (χ1v) is 15.1. The zero-order valence-corrected chi connectivity index (χ0v) is 24.9. The molecule has 3 aromatic carbocycles. The monoisotopic (exact) mass is 578 g/mol. The minimum atomic E-state index is -0.600. The van der Waals surface area contributed by atoms with Gasteiger partial charge < -0.3 is 15.0 Å². The van der Waals surface area contributed by atoms with E-state index >= 15 is 0 Å². The lowest BCUT2D eigenvalue weighted by Crippen LogP contribution is -2.40. The van der Waals surface area contributed by atoms with Crippen LogP contribution in [-0.4, -0.2) is 36.8 Å². The number of anilines is 2. The maximum absolute atomic E-state index is 14.0. The molecule has 4 aromatic rings. The molecule has 8 heteroatoms. The van der Waals surface area contributed by atoms with Crippen molar-refractivity contribution in [3.05, 3.63) is 127 Å². The fraction of sp³-hybridized carbons (Fsp3) is 0.265. The Morgan fingerprint density at radius 2 is 1.69 bits per heavy atom. The largest absolute Gasteiger partial charge is 0.378 e. The van der Waals surface area contributed by atoms with E-state index in [0.717, 1.165) is 43.1 Å². The highest BCUT2D eigenvalue weighted by atomic mass is 32.1. The van der Waals surface area contributed by atoms with Crippen LogP contribution in [0.25, 0.3) is 6.08 Å². The molecular formula is C34H34N4O3S. The molecule has 0 spiro atoms. The van der Waals surface area contributed by atoms with Crippen molar-refractivity contribution in [2.24, 2.45) is 4.99 Å². The Labute approximate surface area is 249 Å². The van der Waals surface area contributed by atoms with Gasteiger partial charge in [0.15, 0.2) is 4.80 Å². The number of para-hydroxylation sites is 1. The highest BCUT2D eigenvalue weighted by molar-refractivity contribution is 7.07. The number of morpholine rings is 1. The number of nitrogens with zero attached hydrogens (tertiary/aromatic N) is 3. The maximum Gasteiger partial charge on any atom is 0.271 e. The minimum absolute atomic E-state index is 0.161. The number of benzene rings is 3. The molecule has 1 atom stereocenters. The summed E-state index contributed by atoms with van der Waals surface area (Å²) < 4.78 is 7.73. The molecule has 1 fully saturated rings. The van der Waals surface area contributed by atoms with Gasteiger partial charge in [0, 0.05) is 24.5 Å². The molecule has 3 heterocycles. The predicted molar refractivity (Wildman–Crippen MR) is 169 cm³/mol. The summed E-state index contributed by atoms with van der Waals surface area (Å²) in [6.07, 6.45) is 1.91. The lowest BCUT2D eigenvalue weighted by molar-refractivity contribution is -0.113. The van der Waals surface area contributed by atoms with Gasteiger partial charge in [0.25, 0.3) is 11.5 Å². The highest BCUT2D eigenvalue weighted by Crippen LogP contribution is 2.31. The number of hydrogen-bond donors (Lipinski definition) is 1. The Kier molecular flexibility index (Phi) is 7.91. The van der Waals surface area contributed by atoms with E-state index in [4.69, 9.17) is 9.73 Å². The molecule has 1 amide bonds. The van der Waals surface area contributed by atoms with Crippen LogP contribution >= 0.6 is 11.3 Å². The molecule has 7 nitrogen and oxygen atoms in total. The van der Waals surface area contributed by atoms with Crippen LogP contribution < -0.4 is 25.1 Å². The molecule has 0 unspecified atom stereocenters. The SMILES string of the molecule is CC1=C(C(=O)Nc2ccccc2)[C@@H](c2ccc(C(C)C)cc2)n2c(s/c(=C/c3ccc(N4CCOCC4)cc3)c2=O)=N1. The molecule has 42 heavy (non-hydrogen) atoms. The van der Waals surface area contributed by atoms with Crippen molar-refractivity contribution in [3.8, 4) is 0 Å². The van der Waals surface area contributed by atoms with Gasteiger partial charge in [-0.3, -0.25) is 14.2 Å². The van der Waals surface area contributed by atoms with Crippen molar-refractivity contribution >= 4 is 34.7 Å². The molecule has 0 bridgehead atoms. The summed E-state index contributed by atoms with van der Waals surface area (Å²) in [6, 6.07) is 25.2. The zero-order chi connectivity index (χ0) is 29.2. The summed E-state index contributed by atoms with van der Waals surface area (Å²) in [5.41, 5.74) is 5.74. The number of allylic oxidation sites excluding steroid dienone is 1. The Morgan fingerprint density at radius 1 is 1.00 bits per heavy atom. The van der Waals surface area contributed by atoms with Crippen molar-refractivity contribution in [3.63, 3.8) is 0 Å². The van der Waals surface area contributed by atoms with Gasteiger partial charge in [0.2, 0.25) is 0 Å². The van der Waals surface area contributed by atoms with E-state index in [9.17, 15) is 9.59 Å². The highest BCUT2D eigenvalue weighted by Gasteiger charge is 2.32. The first kappa shape index (κ1) is 27.9. The summed E-state index contributed by atoms with van der Waals surface area (Å²) in [7, 11) is 0. The first-order valence-electron chi connectivity index (χ1n) is 14.3. The topological polar surface area (TPSA) is 75.9 Å². The van der Waals surface area contributed by atoms with Crippen molar-refractivity contribution < 1.29 is 9.53 Å². The lowest BCUT2D eigenvalue weighted by Gasteiger charge is -2.28. The molecular weight excluding hydrogens is 544 g/mol. The maximum atomic E-state index is 14.0. The number of aromatic nitrogens is 1. The molecule has 214 valence electrons. The van der Waals surface area contributed by atoms with Gasteiger partial charge in [0.1, 0.15) is 0 Å². The molecule has 2 aliphatic rings. The second kappa shape index (κ2) is 11.9. The Hall–Kier alpha value is -4.27. The van der Waals surface area contributed by atoms with Crippen LogP contribution in [0, 0.1) is 0 Å². The standard InChI is InChI=1S/C34H34N4O3S/c1-22(2)25-11-13-26(14-12-25)31-30(32(39)36-27-7-5-4-6-8-27)23(3)35-34-38(31)33(40)29(42-34)21-24-9-15-28(16-10-24)37-17-19-41-20-18-37/h4-16,21-22,31H,17-20H2,1-3H3,(H,36,39)/b29-21+/t31-/m1/s1. The number of nitrogens with one attached hydrogen (secondary N) is 1. The Balaban J connectivity index is 1.41. The fourth-order valence-electron chi connectivity index (χ4n) is 5.46. The van der Waals surface area contributed by atoms with E-state index < -0.39 is 6.04 Å². The van der Waals surface area contributed by atoms with E-state index in [1.165, 1.54) is 16.9 Å². The number of rotatable bonds is 6. The number of amides is 1. The van der Waals surface area contributed by atoms with Gasteiger partial charge in [-0.25, -0.2) is 4.99 Å². The molecule has 2 aliphatic heterocycles. The van der Waals surface area contributed by atoms with Gasteiger partial charge in [0.05, 0.1) is 35.1 Å². The number of fused-ring (bicyclic) bond motifs is 1. The molecule has 1 aromatic heterocycles. The van der Waals surface area contributed by atoms with Gasteiger partial charge in [-0.15, -0.1) is 0 Å². The van der Waals surface area contributed by atoms with E-state index in [2.05, 4.69) is 48.3 Å². The lowest BCUT2D eigenvalue weighted by atomic mass is 9.93. The first-order chi connectivity index (χ1) is 20.4. The Morgan fingerprint density at radius 3 is 2.36 bits per heavy atom. The Bertz CT molecular complexity index is 1800. The van der Waals surface area contributed by atoms with Crippen molar-refractivity contribution in [1.29, 1.82) is 0 Å². The van der Waals surface area contributed by atoms with E-state index in [1.54, 1.807) is 4.57 Å². The third kappa shape index (κ3) is 5.60. The second-order valence-electron chi connectivity index (χ2n) is 10.9. The third-order valence-corrected chi connectivity index (χ3v) is 8.77. The van der Waals surface area contributed by atoms with E-state index in [1.807, 2.05) is 67.6 Å². The number of ether oxygens (including phenoxy) is 1. The zero-order valence-electron chi connectivity index (χ0n) is 24.0. The number of carbonyl (C=O) groups is 1. The smallest absolute Gasteiger partial charge is 0.271 e. The summed E-state index contributed by atoms with van der Waals surface area (Å²) >= 11 is 1.35. The number of thiazole rings is 1. The summed E-state index contributed by atoms with van der Waals surface area (Å²) in [5.74, 6) is 0.0992. The summed E-state index contributed by atoms with van der Waals surface area (Å²) in [5, 5.41) is 3.01. The van der Waals surface area contributed by atoms with Crippen LogP contribution in [0.1, 0.15) is 49.4 Å². The number of carbonyl (C=O) groups excluding carboxylic acids is 1. The molecule has 1 saturated heterocycles. The third-order valence-electron chi connectivity index (χ3n) is 7.78. The van der Waals surface area contributed by atoms with Gasteiger partial charge in [-0.05, 0) is 59.9 Å². The average Bonchev–Trinajstić information content (AvgIpc) is 3.31. The molecule has 1 N–H and O–H groups in total. The van der Waals surface area contributed by atoms with Crippen LogP contribution in [0.15, 0.2) is 99.9 Å². The van der Waals surface area contributed by atoms with Crippen molar-refractivity contribution in [1.82, 2.24) is 4.57 Å². The molecule has 0 aliphatic carbocycles. The quantitative estimate of drug-likeness (QED) is 0.356. The normalized spacial score (nSPS) is 17.3. The fourth-order valence-corrected chi connectivity index (χ4v) is 6.51. The molecule has 0 saturated carbocycles. The molecule has 6 rings (SSSR count). The second-order valence-corrected chi connectivity index (χ2v) is 11.9. The van der Waals surface area contributed by atoms with Gasteiger partial charge >= 0.3 is 0 Å². The van der Waals surface area contributed by atoms with Crippen LogP contribution in [0.3, 0.4) is 0 Å². The predicted octanol–water partition coefficient (Wildman–Crippen LogP) is 4.83. The van der Waals surface area contributed by atoms with Gasteiger partial charge in [-0.1, -0.05) is 79.8 Å². The molecule has 0 radical (unpaired) electrons. The van der Waals surface area contributed by atoms with Crippen LogP contribution in [0.4, 0.5) is 11.4 Å². The summed E-state index contributed by atoms with van der Waals surface area (Å²) in [4.78, 5) is 35.4. The van der Waals surface area contributed by atoms with E-state index in [0.29, 0.717) is 32.2 Å². The van der Waals surface area contributed by atoms with Crippen LogP contribution in [0.2, 0.25) is 0 Å². The van der Waals surface area contributed by atoms with Crippen molar-refractivity contribution in [2.75, 3.05) is 36.5 Å². The van der Waals surface area contributed by atoms with Crippen LogP contribution in [0.5, 0.6) is 0 Å². The van der Waals surface area contributed by atoms with Crippen LogP contribution in [-0.2, 0) is 9.53 Å². The van der Waals surface area contributed by atoms with E-state index in [-0.39, 0.29) is 11.5 Å². The van der Waals surface area contributed by atoms with Crippen molar-refractivity contribution in [2.45, 2.75) is 32.7 Å². The van der Waals surface area contributed by atoms with Gasteiger partial charge in [-0.2, -0.15) is 0 Å².